The molecule has 1 aliphatic rings. The predicted molar refractivity (Wildman–Crippen MR) is 116 cm³/mol. The lowest BCUT2D eigenvalue weighted by atomic mass is 9.67. The van der Waals surface area contributed by atoms with E-state index in [4.69, 9.17) is 27.9 Å². The number of halogens is 3. The van der Waals surface area contributed by atoms with E-state index in [1.807, 2.05) is 12.1 Å². The van der Waals surface area contributed by atoms with Crippen LogP contribution in [0.1, 0.15) is 52.0 Å². The smallest absolute Gasteiger partial charge is 0.0723 e. The van der Waals surface area contributed by atoms with Crippen LogP contribution in [0.4, 0.5) is 0 Å². The maximum absolute atomic E-state index is 6.50. The monoisotopic (exact) mass is 421 g/mol. The van der Waals surface area contributed by atoms with Crippen LogP contribution in [0.3, 0.4) is 0 Å². The van der Waals surface area contributed by atoms with Gasteiger partial charge >= 0.3 is 0 Å². The molecule has 0 aliphatic heterocycles. The van der Waals surface area contributed by atoms with Crippen molar-refractivity contribution in [3.05, 3.63) is 33.8 Å². The Morgan fingerprint density at radius 2 is 1.73 bits per heavy atom. The first-order valence-corrected chi connectivity index (χ1v) is 10.1. The molecule has 1 fully saturated rings. The largest absolute Gasteiger partial charge is 0.373 e. The van der Waals surface area contributed by atoms with Crippen molar-refractivity contribution in [2.75, 3.05) is 27.2 Å². The molecular weight excluding hydrogens is 389 g/mol. The molecule has 0 saturated heterocycles. The molecule has 1 aromatic carbocycles. The van der Waals surface area contributed by atoms with Gasteiger partial charge in [0.15, 0.2) is 0 Å². The third-order valence-electron chi connectivity index (χ3n) is 5.58. The first-order chi connectivity index (χ1) is 11.6. The first kappa shape index (κ1) is 24.0. The zero-order chi connectivity index (χ0) is 18.7. The van der Waals surface area contributed by atoms with Gasteiger partial charge in [-0.05, 0) is 68.8 Å². The van der Waals surface area contributed by atoms with E-state index in [-0.39, 0.29) is 18.0 Å². The van der Waals surface area contributed by atoms with Gasteiger partial charge in [-0.3, -0.25) is 0 Å². The SMILES string of the molecule is CN(C)CCOC1(Cc2ccc(Cl)c(Cl)c2)CCC(C(C)(C)C)CC1.Cl. The molecule has 0 bridgehead atoms. The molecule has 1 saturated carbocycles. The molecule has 0 atom stereocenters. The zero-order valence-corrected chi connectivity index (χ0v) is 19.1. The highest BCUT2D eigenvalue weighted by Gasteiger charge is 2.39. The highest BCUT2D eigenvalue weighted by Crippen LogP contribution is 2.44. The van der Waals surface area contributed by atoms with E-state index < -0.39 is 0 Å². The van der Waals surface area contributed by atoms with E-state index >= 15 is 0 Å². The molecule has 1 aromatic rings. The maximum Gasteiger partial charge on any atom is 0.0723 e. The molecule has 0 radical (unpaired) electrons. The van der Waals surface area contributed by atoms with Crippen LogP contribution in [-0.2, 0) is 11.2 Å². The van der Waals surface area contributed by atoms with Crippen molar-refractivity contribution in [2.24, 2.45) is 11.3 Å². The highest BCUT2D eigenvalue weighted by atomic mass is 35.5. The molecule has 150 valence electrons. The normalized spacial score (nSPS) is 23.8. The Kier molecular flexibility index (Phi) is 9.23. The van der Waals surface area contributed by atoms with Crippen molar-refractivity contribution in [3.63, 3.8) is 0 Å². The lowest BCUT2D eigenvalue weighted by Crippen LogP contribution is -2.42. The van der Waals surface area contributed by atoms with Crippen molar-refractivity contribution in [3.8, 4) is 0 Å². The summed E-state index contributed by atoms with van der Waals surface area (Å²) < 4.78 is 6.50. The number of ether oxygens (including phenoxy) is 1. The van der Waals surface area contributed by atoms with E-state index in [1.165, 1.54) is 18.4 Å². The lowest BCUT2D eigenvalue weighted by molar-refractivity contribution is -0.0884. The van der Waals surface area contributed by atoms with E-state index in [0.717, 1.165) is 38.3 Å². The minimum absolute atomic E-state index is 0. The second-order valence-electron chi connectivity index (χ2n) is 8.90. The summed E-state index contributed by atoms with van der Waals surface area (Å²) >= 11 is 12.3. The number of rotatable bonds is 6. The number of benzene rings is 1. The van der Waals surface area contributed by atoms with Crippen LogP contribution in [0, 0.1) is 11.3 Å². The van der Waals surface area contributed by atoms with Crippen LogP contribution in [0.5, 0.6) is 0 Å². The van der Waals surface area contributed by atoms with Crippen LogP contribution in [0.2, 0.25) is 10.0 Å². The average molecular weight is 423 g/mol. The third kappa shape index (κ3) is 6.87. The molecular formula is C21H34Cl3NO. The summed E-state index contributed by atoms with van der Waals surface area (Å²) in [6.07, 6.45) is 5.60. The van der Waals surface area contributed by atoms with Crippen LogP contribution in [0.25, 0.3) is 0 Å². The van der Waals surface area contributed by atoms with Crippen LogP contribution in [0.15, 0.2) is 18.2 Å². The Labute approximate surface area is 176 Å². The van der Waals surface area contributed by atoms with Gasteiger partial charge in [0.05, 0.1) is 22.3 Å². The molecule has 0 N–H and O–H groups in total. The van der Waals surface area contributed by atoms with Gasteiger partial charge in [-0.15, -0.1) is 12.4 Å². The van der Waals surface area contributed by atoms with E-state index in [1.54, 1.807) is 0 Å². The summed E-state index contributed by atoms with van der Waals surface area (Å²) in [5, 5.41) is 1.25. The Morgan fingerprint density at radius 1 is 1.12 bits per heavy atom. The molecule has 0 spiro atoms. The molecule has 0 aromatic heterocycles. The van der Waals surface area contributed by atoms with Crippen molar-refractivity contribution >= 4 is 35.6 Å². The third-order valence-corrected chi connectivity index (χ3v) is 6.32. The van der Waals surface area contributed by atoms with Gasteiger partial charge in [0.2, 0.25) is 0 Å². The number of likely N-dealkylation sites (N-methyl/N-ethyl adjacent to an activating group) is 1. The standard InChI is InChI=1S/C21H33Cl2NO.ClH/c1-20(2,3)17-8-10-21(11-9-17,25-13-12-24(4)5)15-16-6-7-18(22)19(23)14-16;/h6-7,14,17H,8-13,15H2,1-5H3;1H. The van der Waals surface area contributed by atoms with Crippen LogP contribution in [-0.4, -0.2) is 37.7 Å². The molecule has 5 heteroatoms. The highest BCUT2D eigenvalue weighted by molar-refractivity contribution is 6.42. The minimum atomic E-state index is -0.0745. The van der Waals surface area contributed by atoms with Gasteiger partial charge in [-0.1, -0.05) is 50.0 Å². The average Bonchev–Trinajstić information content (AvgIpc) is 2.50. The summed E-state index contributed by atoms with van der Waals surface area (Å²) in [4.78, 5) is 2.17. The van der Waals surface area contributed by atoms with Crippen molar-refractivity contribution in [1.29, 1.82) is 0 Å². The van der Waals surface area contributed by atoms with Crippen LogP contribution >= 0.6 is 35.6 Å². The van der Waals surface area contributed by atoms with Gasteiger partial charge < -0.3 is 9.64 Å². The Hall–Kier alpha value is 0.01000. The molecule has 0 amide bonds. The van der Waals surface area contributed by atoms with Gasteiger partial charge in [0.1, 0.15) is 0 Å². The van der Waals surface area contributed by atoms with Crippen LogP contribution < -0.4 is 0 Å². The number of hydrogen-bond acceptors (Lipinski definition) is 2. The quantitative estimate of drug-likeness (QED) is 0.518. The minimum Gasteiger partial charge on any atom is -0.373 e. The fourth-order valence-corrected chi connectivity index (χ4v) is 4.17. The lowest BCUT2D eigenvalue weighted by Gasteiger charge is -2.44. The molecule has 0 heterocycles. The molecule has 1 aliphatic carbocycles. The Bertz CT molecular complexity index is 561. The molecule has 2 rings (SSSR count). The van der Waals surface area contributed by atoms with E-state index in [0.29, 0.717) is 15.5 Å². The van der Waals surface area contributed by atoms with Gasteiger partial charge in [0, 0.05) is 13.0 Å². The maximum atomic E-state index is 6.50. The van der Waals surface area contributed by atoms with E-state index in [9.17, 15) is 0 Å². The second kappa shape index (κ2) is 9.98. The Balaban J connectivity index is 0.00000338. The molecule has 26 heavy (non-hydrogen) atoms. The summed E-state index contributed by atoms with van der Waals surface area (Å²) in [5.74, 6) is 0.770. The molecule has 0 unspecified atom stereocenters. The fraction of sp³-hybridized carbons (Fsp3) is 0.714. The van der Waals surface area contributed by atoms with Crippen molar-refractivity contribution in [1.82, 2.24) is 4.90 Å². The van der Waals surface area contributed by atoms with E-state index in [2.05, 4.69) is 45.8 Å². The predicted octanol–water partition coefficient (Wildman–Crippen LogP) is 6.51. The number of nitrogens with zero attached hydrogens (tertiary/aromatic N) is 1. The summed E-state index contributed by atoms with van der Waals surface area (Å²) in [5.41, 5.74) is 1.52. The fourth-order valence-electron chi connectivity index (χ4n) is 3.85. The Morgan fingerprint density at radius 3 is 2.23 bits per heavy atom. The second-order valence-corrected chi connectivity index (χ2v) is 9.71. The summed E-state index contributed by atoms with van der Waals surface area (Å²) in [7, 11) is 4.18. The number of hydrogen-bond donors (Lipinski definition) is 0. The topological polar surface area (TPSA) is 12.5 Å². The van der Waals surface area contributed by atoms with Crippen molar-refractivity contribution < 1.29 is 4.74 Å². The van der Waals surface area contributed by atoms with Crippen molar-refractivity contribution in [2.45, 2.75) is 58.5 Å². The summed E-state index contributed by atoms with van der Waals surface area (Å²) in [6.45, 7) is 8.80. The zero-order valence-electron chi connectivity index (χ0n) is 16.8. The molecule has 2 nitrogen and oxygen atoms in total. The van der Waals surface area contributed by atoms with Gasteiger partial charge in [0.25, 0.3) is 0 Å². The van der Waals surface area contributed by atoms with Gasteiger partial charge in [-0.25, -0.2) is 0 Å². The van der Waals surface area contributed by atoms with Gasteiger partial charge in [-0.2, -0.15) is 0 Å². The summed E-state index contributed by atoms with van der Waals surface area (Å²) in [6, 6.07) is 5.98. The first-order valence-electron chi connectivity index (χ1n) is 9.34.